The maximum atomic E-state index is 12.6. The molecule has 2 aromatic rings. The number of hydrogen-bond donors (Lipinski definition) is 0. The molecule has 1 heterocycles. The molecule has 1 aliphatic heterocycles. The predicted molar refractivity (Wildman–Crippen MR) is 106 cm³/mol. The van der Waals surface area contributed by atoms with Crippen LogP contribution in [-0.4, -0.2) is 22.7 Å². The normalized spacial score (nSPS) is 15.8. The molecule has 0 spiro atoms. The molecule has 0 saturated carbocycles. The van der Waals surface area contributed by atoms with Crippen LogP contribution in [0.2, 0.25) is 10.0 Å². The first-order valence-corrected chi connectivity index (χ1v) is 9.48. The lowest BCUT2D eigenvalue weighted by Crippen LogP contribution is -2.27. The van der Waals surface area contributed by atoms with Crippen molar-refractivity contribution in [2.24, 2.45) is 0 Å². The fourth-order valence-corrected chi connectivity index (χ4v) is 3.81. The Hall–Kier alpha value is -1.95. The zero-order chi connectivity index (χ0) is 18.7. The summed E-state index contributed by atoms with van der Waals surface area (Å²) in [6.07, 6.45) is 1.69. The molecule has 1 fully saturated rings. The summed E-state index contributed by atoms with van der Waals surface area (Å²) in [4.78, 5) is 26.4. The van der Waals surface area contributed by atoms with E-state index < -0.39 is 0 Å². The van der Waals surface area contributed by atoms with Crippen molar-refractivity contribution in [3.63, 3.8) is 0 Å². The summed E-state index contributed by atoms with van der Waals surface area (Å²) in [5, 5.41) is 0.502. The molecule has 0 aliphatic carbocycles. The van der Waals surface area contributed by atoms with E-state index in [0.29, 0.717) is 27.1 Å². The van der Waals surface area contributed by atoms with Crippen LogP contribution in [0.1, 0.15) is 18.1 Å². The minimum atomic E-state index is -0.357. The third kappa shape index (κ3) is 4.06. The molecule has 0 bridgehead atoms. The van der Waals surface area contributed by atoms with Gasteiger partial charge in [-0.25, -0.2) is 0 Å². The van der Waals surface area contributed by atoms with Gasteiger partial charge in [0.05, 0.1) is 18.1 Å². The standard InChI is InChI=1S/C19H15Cl2NO3S/c1-2-25-13-8-6-12(7-9-13)10-17-18(23)22(19(24)26-17)11-14-15(20)4-3-5-16(14)21/h3-10H,2,11H2,1H3/b17-10-. The van der Waals surface area contributed by atoms with E-state index in [1.807, 2.05) is 31.2 Å². The Morgan fingerprint density at radius 1 is 1.08 bits per heavy atom. The number of carbonyl (C=O) groups is 2. The summed E-state index contributed by atoms with van der Waals surface area (Å²) in [7, 11) is 0. The van der Waals surface area contributed by atoms with Crippen LogP contribution in [-0.2, 0) is 11.3 Å². The number of imide groups is 1. The first-order valence-electron chi connectivity index (χ1n) is 7.90. The molecule has 2 aromatic carbocycles. The second kappa shape index (κ2) is 8.16. The Kier molecular flexibility index (Phi) is 5.91. The van der Waals surface area contributed by atoms with Crippen molar-refractivity contribution in [2.75, 3.05) is 6.61 Å². The molecule has 0 unspecified atom stereocenters. The average Bonchev–Trinajstić information content (AvgIpc) is 2.87. The van der Waals surface area contributed by atoms with E-state index in [1.165, 1.54) is 0 Å². The van der Waals surface area contributed by atoms with Crippen LogP contribution in [0, 0.1) is 0 Å². The van der Waals surface area contributed by atoms with Gasteiger partial charge in [0.1, 0.15) is 5.75 Å². The number of nitrogens with zero attached hydrogens (tertiary/aromatic N) is 1. The summed E-state index contributed by atoms with van der Waals surface area (Å²) in [5.74, 6) is 0.399. The van der Waals surface area contributed by atoms with Gasteiger partial charge in [-0.1, -0.05) is 41.4 Å². The molecular formula is C19H15Cl2NO3S. The average molecular weight is 408 g/mol. The quantitative estimate of drug-likeness (QED) is 0.602. The van der Waals surface area contributed by atoms with Gasteiger partial charge in [0, 0.05) is 15.6 Å². The van der Waals surface area contributed by atoms with Gasteiger partial charge in [0.25, 0.3) is 11.1 Å². The number of thioether (sulfide) groups is 1. The first kappa shape index (κ1) is 18.8. The third-order valence-electron chi connectivity index (χ3n) is 3.74. The van der Waals surface area contributed by atoms with Crippen LogP contribution in [0.15, 0.2) is 47.4 Å². The highest BCUT2D eigenvalue weighted by molar-refractivity contribution is 8.18. The van der Waals surface area contributed by atoms with Gasteiger partial charge in [0.15, 0.2) is 0 Å². The van der Waals surface area contributed by atoms with Gasteiger partial charge in [0.2, 0.25) is 0 Å². The molecule has 4 nitrogen and oxygen atoms in total. The highest BCUT2D eigenvalue weighted by Crippen LogP contribution is 2.35. The van der Waals surface area contributed by atoms with Crippen molar-refractivity contribution < 1.29 is 14.3 Å². The number of amides is 2. The zero-order valence-corrected chi connectivity index (χ0v) is 16.2. The molecule has 26 heavy (non-hydrogen) atoms. The van der Waals surface area contributed by atoms with Crippen molar-refractivity contribution in [3.05, 3.63) is 68.5 Å². The molecule has 0 atom stereocenters. The van der Waals surface area contributed by atoms with E-state index in [1.54, 1.807) is 24.3 Å². The number of rotatable bonds is 5. The first-order chi connectivity index (χ1) is 12.5. The van der Waals surface area contributed by atoms with Gasteiger partial charge in [-0.05, 0) is 54.6 Å². The fourth-order valence-electron chi connectivity index (χ4n) is 2.46. The second-order valence-electron chi connectivity index (χ2n) is 5.47. The van der Waals surface area contributed by atoms with Crippen molar-refractivity contribution >= 4 is 52.2 Å². The van der Waals surface area contributed by atoms with Crippen molar-refractivity contribution in [1.82, 2.24) is 4.90 Å². The smallest absolute Gasteiger partial charge is 0.293 e. The topological polar surface area (TPSA) is 46.6 Å². The summed E-state index contributed by atoms with van der Waals surface area (Å²) in [5.41, 5.74) is 1.37. The molecule has 1 saturated heterocycles. The third-order valence-corrected chi connectivity index (χ3v) is 5.36. The van der Waals surface area contributed by atoms with Gasteiger partial charge in [-0.3, -0.25) is 14.5 Å². The molecule has 2 amide bonds. The SMILES string of the molecule is CCOc1ccc(/C=C2\SC(=O)N(Cc3c(Cl)cccc3Cl)C2=O)cc1. The lowest BCUT2D eigenvalue weighted by atomic mass is 10.2. The minimum Gasteiger partial charge on any atom is -0.494 e. The lowest BCUT2D eigenvalue weighted by Gasteiger charge is -2.14. The number of hydrogen-bond acceptors (Lipinski definition) is 4. The molecule has 1 aliphatic rings. The highest BCUT2D eigenvalue weighted by atomic mass is 35.5. The van der Waals surface area contributed by atoms with Crippen LogP contribution in [0.3, 0.4) is 0 Å². The van der Waals surface area contributed by atoms with Gasteiger partial charge >= 0.3 is 0 Å². The second-order valence-corrected chi connectivity index (χ2v) is 7.28. The summed E-state index contributed by atoms with van der Waals surface area (Å²) < 4.78 is 5.39. The Balaban J connectivity index is 1.80. The Morgan fingerprint density at radius 3 is 2.35 bits per heavy atom. The van der Waals surface area contributed by atoms with Crippen LogP contribution < -0.4 is 4.74 Å². The van der Waals surface area contributed by atoms with Crippen molar-refractivity contribution in [3.8, 4) is 5.75 Å². The van der Waals surface area contributed by atoms with E-state index >= 15 is 0 Å². The van der Waals surface area contributed by atoms with Crippen LogP contribution in [0.4, 0.5) is 4.79 Å². The van der Waals surface area contributed by atoms with Gasteiger partial charge in [-0.2, -0.15) is 0 Å². The van der Waals surface area contributed by atoms with Gasteiger partial charge < -0.3 is 4.74 Å². The molecular weight excluding hydrogens is 393 g/mol. The van der Waals surface area contributed by atoms with Crippen LogP contribution in [0.5, 0.6) is 5.75 Å². The zero-order valence-electron chi connectivity index (χ0n) is 13.9. The largest absolute Gasteiger partial charge is 0.494 e. The molecule has 7 heteroatoms. The molecule has 0 N–H and O–H groups in total. The van der Waals surface area contributed by atoms with Crippen LogP contribution in [0.25, 0.3) is 6.08 Å². The highest BCUT2D eigenvalue weighted by Gasteiger charge is 2.35. The minimum absolute atomic E-state index is 0.0454. The summed E-state index contributed by atoms with van der Waals surface area (Å²) >= 11 is 13.2. The molecule has 3 rings (SSSR count). The van der Waals surface area contributed by atoms with Crippen LogP contribution >= 0.6 is 35.0 Å². The van der Waals surface area contributed by atoms with Crippen molar-refractivity contribution in [1.29, 1.82) is 0 Å². The van der Waals surface area contributed by atoms with E-state index in [9.17, 15) is 9.59 Å². The monoisotopic (exact) mass is 407 g/mol. The maximum absolute atomic E-state index is 12.6. The molecule has 0 aromatic heterocycles. The van der Waals surface area contributed by atoms with Gasteiger partial charge in [-0.15, -0.1) is 0 Å². The van der Waals surface area contributed by atoms with Crippen molar-refractivity contribution in [2.45, 2.75) is 13.5 Å². The molecule has 0 radical (unpaired) electrons. The fraction of sp³-hybridized carbons (Fsp3) is 0.158. The van der Waals surface area contributed by atoms with E-state index in [2.05, 4.69) is 0 Å². The number of ether oxygens (including phenoxy) is 1. The Labute approximate surface area is 165 Å². The lowest BCUT2D eigenvalue weighted by molar-refractivity contribution is -0.123. The summed E-state index contributed by atoms with van der Waals surface area (Å²) in [6, 6.07) is 12.4. The molecule has 134 valence electrons. The Bertz CT molecular complexity index is 861. The van der Waals surface area contributed by atoms with E-state index in [0.717, 1.165) is 28.0 Å². The summed E-state index contributed by atoms with van der Waals surface area (Å²) in [6.45, 7) is 2.54. The number of halogens is 2. The number of carbonyl (C=O) groups excluding carboxylic acids is 2. The van der Waals surface area contributed by atoms with E-state index in [-0.39, 0.29) is 17.7 Å². The number of benzene rings is 2. The Morgan fingerprint density at radius 2 is 1.73 bits per heavy atom. The maximum Gasteiger partial charge on any atom is 0.293 e. The van der Waals surface area contributed by atoms with E-state index in [4.69, 9.17) is 27.9 Å². The predicted octanol–water partition coefficient (Wildman–Crippen LogP) is 5.63.